The SMILES string of the molecule is COC(=O)c1cc(-c2cccnc2)n(-c2ccncc2)n1. The molecule has 0 bridgehead atoms. The normalized spacial score (nSPS) is 10.3. The van der Waals surface area contributed by atoms with Crippen LogP contribution in [0.3, 0.4) is 0 Å². The highest BCUT2D eigenvalue weighted by molar-refractivity contribution is 5.88. The fourth-order valence-corrected chi connectivity index (χ4v) is 1.99. The molecule has 6 nitrogen and oxygen atoms in total. The second kappa shape index (κ2) is 5.54. The van der Waals surface area contributed by atoms with Crippen molar-refractivity contribution in [1.29, 1.82) is 0 Å². The van der Waals surface area contributed by atoms with Gasteiger partial charge in [-0.15, -0.1) is 0 Å². The van der Waals surface area contributed by atoms with Crippen molar-refractivity contribution in [2.75, 3.05) is 7.11 Å². The number of carbonyl (C=O) groups excluding carboxylic acids is 1. The van der Waals surface area contributed by atoms with Crippen LogP contribution in [0.2, 0.25) is 0 Å². The zero-order chi connectivity index (χ0) is 14.7. The van der Waals surface area contributed by atoms with Gasteiger partial charge in [-0.05, 0) is 30.3 Å². The first-order chi connectivity index (χ1) is 10.3. The van der Waals surface area contributed by atoms with Crippen LogP contribution in [0, 0.1) is 0 Å². The van der Waals surface area contributed by atoms with Crippen molar-refractivity contribution in [3.63, 3.8) is 0 Å². The van der Waals surface area contributed by atoms with Crippen LogP contribution < -0.4 is 0 Å². The van der Waals surface area contributed by atoms with Gasteiger partial charge in [-0.1, -0.05) is 0 Å². The van der Waals surface area contributed by atoms with E-state index in [1.807, 2.05) is 24.3 Å². The van der Waals surface area contributed by atoms with Gasteiger partial charge in [0, 0.05) is 30.4 Å². The fraction of sp³-hybridized carbons (Fsp3) is 0.0667. The number of hydrogen-bond donors (Lipinski definition) is 0. The maximum absolute atomic E-state index is 11.7. The van der Waals surface area contributed by atoms with E-state index in [9.17, 15) is 4.79 Å². The van der Waals surface area contributed by atoms with Crippen molar-refractivity contribution in [2.45, 2.75) is 0 Å². The molecule has 0 aliphatic heterocycles. The van der Waals surface area contributed by atoms with E-state index in [0.29, 0.717) is 0 Å². The number of rotatable bonds is 3. The van der Waals surface area contributed by atoms with Crippen LogP contribution in [0.1, 0.15) is 10.5 Å². The fourth-order valence-electron chi connectivity index (χ4n) is 1.99. The molecule has 0 saturated heterocycles. The minimum absolute atomic E-state index is 0.244. The lowest BCUT2D eigenvalue weighted by Gasteiger charge is -2.06. The van der Waals surface area contributed by atoms with Gasteiger partial charge in [-0.25, -0.2) is 9.48 Å². The predicted molar refractivity (Wildman–Crippen MR) is 75.9 cm³/mol. The number of methoxy groups -OCH3 is 1. The lowest BCUT2D eigenvalue weighted by molar-refractivity contribution is 0.0593. The summed E-state index contributed by atoms with van der Waals surface area (Å²) in [4.78, 5) is 19.8. The van der Waals surface area contributed by atoms with Gasteiger partial charge in [0.2, 0.25) is 0 Å². The van der Waals surface area contributed by atoms with E-state index in [0.717, 1.165) is 16.9 Å². The zero-order valence-electron chi connectivity index (χ0n) is 11.3. The average Bonchev–Trinajstić information content (AvgIpc) is 3.01. The molecule has 0 aromatic carbocycles. The van der Waals surface area contributed by atoms with Crippen molar-refractivity contribution >= 4 is 5.97 Å². The number of pyridine rings is 2. The van der Waals surface area contributed by atoms with Crippen LogP contribution in [0.25, 0.3) is 16.9 Å². The summed E-state index contributed by atoms with van der Waals surface area (Å²) in [7, 11) is 1.33. The lowest BCUT2D eigenvalue weighted by Crippen LogP contribution is -2.04. The van der Waals surface area contributed by atoms with Crippen LogP contribution in [0.5, 0.6) is 0 Å². The molecule has 104 valence electrons. The summed E-state index contributed by atoms with van der Waals surface area (Å²) < 4.78 is 6.41. The van der Waals surface area contributed by atoms with E-state index in [4.69, 9.17) is 4.74 Å². The minimum Gasteiger partial charge on any atom is -0.464 e. The average molecular weight is 280 g/mol. The van der Waals surface area contributed by atoms with Crippen LogP contribution >= 0.6 is 0 Å². The lowest BCUT2D eigenvalue weighted by atomic mass is 10.2. The van der Waals surface area contributed by atoms with Gasteiger partial charge in [-0.2, -0.15) is 5.10 Å². The Morgan fingerprint density at radius 1 is 1.14 bits per heavy atom. The number of nitrogens with zero attached hydrogens (tertiary/aromatic N) is 4. The molecule has 3 rings (SSSR count). The number of aromatic nitrogens is 4. The molecule has 0 fully saturated rings. The number of ether oxygens (including phenoxy) is 1. The maximum atomic E-state index is 11.7. The molecular formula is C15H12N4O2. The molecule has 0 amide bonds. The zero-order valence-corrected chi connectivity index (χ0v) is 11.3. The number of esters is 1. The van der Waals surface area contributed by atoms with E-state index >= 15 is 0 Å². The summed E-state index contributed by atoms with van der Waals surface area (Å²) in [5.41, 5.74) is 2.67. The van der Waals surface area contributed by atoms with E-state index in [2.05, 4.69) is 15.1 Å². The van der Waals surface area contributed by atoms with Gasteiger partial charge in [0.05, 0.1) is 18.5 Å². The van der Waals surface area contributed by atoms with Crippen LogP contribution in [0.4, 0.5) is 0 Å². The molecular weight excluding hydrogens is 268 g/mol. The topological polar surface area (TPSA) is 69.9 Å². The molecule has 0 radical (unpaired) electrons. The quantitative estimate of drug-likeness (QED) is 0.687. The Labute approximate surface area is 121 Å². The van der Waals surface area contributed by atoms with Gasteiger partial charge in [0.25, 0.3) is 0 Å². The summed E-state index contributed by atoms with van der Waals surface area (Å²) in [6.07, 6.45) is 6.75. The van der Waals surface area contributed by atoms with Crippen molar-refractivity contribution in [2.24, 2.45) is 0 Å². The van der Waals surface area contributed by atoms with Crippen LogP contribution in [0.15, 0.2) is 55.1 Å². The van der Waals surface area contributed by atoms with Crippen molar-refractivity contribution in [3.8, 4) is 16.9 Å². The highest BCUT2D eigenvalue weighted by atomic mass is 16.5. The van der Waals surface area contributed by atoms with Gasteiger partial charge in [-0.3, -0.25) is 9.97 Å². The molecule has 3 aromatic heterocycles. The second-order valence-electron chi connectivity index (χ2n) is 4.27. The molecule has 0 aliphatic carbocycles. The molecule has 3 aromatic rings. The minimum atomic E-state index is -0.479. The summed E-state index contributed by atoms with van der Waals surface area (Å²) in [6, 6.07) is 9.05. The van der Waals surface area contributed by atoms with Gasteiger partial charge in [0.1, 0.15) is 0 Å². The van der Waals surface area contributed by atoms with Crippen molar-refractivity contribution < 1.29 is 9.53 Å². The monoisotopic (exact) mass is 280 g/mol. The highest BCUT2D eigenvalue weighted by Gasteiger charge is 2.17. The van der Waals surface area contributed by atoms with E-state index < -0.39 is 5.97 Å². The Morgan fingerprint density at radius 3 is 2.62 bits per heavy atom. The van der Waals surface area contributed by atoms with Gasteiger partial charge in [0.15, 0.2) is 5.69 Å². The molecule has 21 heavy (non-hydrogen) atoms. The van der Waals surface area contributed by atoms with Crippen LogP contribution in [-0.2, 0) is 4.74 Å². The molecule has 0 unspecified atom stereocenters. The Morgan fingerprint density at radius 2 is 1.95 bits per heavy atom. The first-order valence-corrected chi connectivity index (χ1v) is 6.29. The third kappa shape index (κ3) is 2.51. The second-order valence-corrected chi connectivity index (χ2v) is 4.27. The highest BCUT2D eigenvalue weighted by Crippen LogP contribution is 2.23. The number of hydrogen-bond acceptors (Lipinski definition) is 5. The first kappa shape index (κ1) is 13.0. The van der Waals surface area contributed by atoms with E-state index in [1.165, 1.54) is 7.11 Å². The van der Waals surface area contributed by atoms with Crippen LogP contribution in [-0.4, -0.2) is 32.8 Å². The summed E-state index contributed by atoms with van der Waals surface area (Å²) in [5, 5.41) is 4.31. The van der Waals surface area contributed by atoms with Crippen molar-refractivity contribution in [1.82, 2.24) is 19.7 Å². The Hall–Kier alpha value is -3.02. The molecule has 0 spiro atoms. The maximum Gasteiger partial charge on any atom is 0.358 e. The largest absolute Gasteiger partial charge is 0.464 e. The van der Waals surface area contributed by atoms with Gasteiger partial charge >= 0.3 is 5.97 Å². The molecule has 0 N–H and O–H groups in total. The third-order valence-electron chi connectivity index (χ3n) is 2.97. The van der Waals surface area contributed by atoms with E-state index in [1.54, 1.807) is 35.5 Å². The molecule has 0 atom stereocenters. The Kier molecular flexibility index (Phi) is 3.42. The number of carbonyl (C=O) groups is 1. The molecule has 6 heteroatoms. The summed E-state index contributed by atoms with van der Waals surface area (Å²) in [5.74, 6) is -0.479. The summed E-state index contributed by atoms with van der Waals surface area (Å²) >= 11 is 0. The third-order valence-corrected chi connectivity index (χ3v) is 2.97. The molecule has 0 saturated carbocycles. The van der Waals surface area contributed by atoms with Crippen molar-refractivity contribution in [3.05, 3.63) is 60.8 Å². The molecule has 3 heterocycles. The predicted octanol–water partition coefficient (Wildman–Crippen LogP) is 2.12. The van der Waals surface area contributed by atoms with E-state index in [-0.39, 0.29) is 5.69 Å². The summed E-state index contributed by atoms with van der Waals surface area (Å²) in [6.45, 7) is 0. The Balaban J connectivity index is 2.18. The molecule has 0 aliphatic rings. The van der Waals surface area contributed by atoms with Gasteiger partial charge < -0.3 is 4.74 Å². The Bertz CT molecular complexity index is 697. The smallest absolute Gasteiger partial charge is 0.358 e. The standard InChI is InChI=1S/C15H12N4O2/c1-21-15(20)13-9-14(11-3-2-6-17-10-11)19(18-13)12-4-7-16-8-5-12/h2-10H,1H3. The first-order valence-electron chi connectivity index (χ1n) is 6.29.